The summed E-state index contributed by atoms with van der Waals surface area (Å²) < 4.78 is 67.6. The Morgan fingerprint density at radius 2 is 1.70 bits per heavy atom. The summed E-state index contributed by atoms with van der Waals surface area (Å²) in [6.45, 7) is 3.47. The molecule has 5 nitrogen and oxygen atoms in total. The number of benzene rings is 2. The summed E-state index contributed by atoms with van der Waals surface area (Å²) in [6, 6.07) is 12.3. The summed E-state index contributed by atoms with van der Waals surface area (Å²) in [4.78, 5) is -0.0758. The van der Waals surface area contributed by atoms with Gasteiger partial charge in [0.1, 0.15) is 5.69 Å². The Balaban J connectivity index is 2.16. The van der Waals surface area contributed by atoms with Gasteiger partial charge in [0.2, 0.25) is 0 Å². The molecule has 2 aromatic carbocycles. The minimum Gasteiger partial charge on any atom is -0.271 e. The van der Waals surface area contributed by atoms with E-state index in [0.29, 0.717) is 5.56 Å². The molecule has 0 bridgehead atoms. The van der Waals surface area contributed by atoms with Crippen molar-refractivity contribution in [1.29, 1.82) is 0 Å². The third-order valence-corrected chi connectivity index (χ3v) is 5.34. The van der Waals surface area contributed by atoms with E-state index in [-0.39, 0.29) is 16.0 Å². The van der Waals surface area contributed by atoms with E-state index in [1.165, 1.54) is 30.3 Å². The topological polar surface area (TPSA) is 74.8 Å². The maximum atomic E-state index is 13.5. The molecule has 1 heterocycles. The Kier molecular flexibility index (Phi) is 4.73. The lowest BCUT2D eigenvalue weighted by molar-refractivity contribution is -0.140. The number of hydrogen-bond donors (Lipinski definition) is 2. The summed E-state index contributed by atoms with van der Waals surface area (Å²) in [5.74, 6) is -0.405. The number of halogens is 3. The number of rotatable bonds is 4. The van der Waals surface area contributed by atoms with Gasteiger partial charge in [0.15, 0.2) is 5.82 Å². The lowest BCUT2D eigenvalue weighted by Gasteiger charge is -2.13. The molecule has 142 valence electrons. The molecule has 2 N–H and O–H groups in total. The van der Waals surface area contributed by atoms with Gasteiger partial charge in [0.25, 0.3) is 10.0 Å². The standard InChI is InChI=1S/C18H16F3N3O2S/c1-11-8-9-14(12(2)10-11)15-16(18(19,20)21)22-23-17(15)24-27(25,26)13-6-4-3-5-7-13/h3-10H,1-2H3,(H2,22,23,24). The molecule has 9 heteroatoms. The van der Waals surface area contributed by atoms with Gasteiger partial charge in [0, 0.05) is 0 Å². The number of alkyl halides is 3. The molecular formula is C18H16F3N3O2S. The Morgan fingerprint density at radius 1 is 1.04 bits per heavy atom. The average molecular weight is 395 g/mol. The summed E-state index contributed by atoms with van der Waals surface area (Å²) in [6.07, 6.45) is -4.73. The van der Waals surface area contributed by atoms with E-state index in [1.807, 2.05) is 12.0 Å². The quantitative estimate of drug-likeness (QED) is 0.682. The number of aromatic nitrogens is 2. The van der Waals surface area contributed by atoms with Crippen molar-refractivity contribution in [3.8, 4) is 11.1 Å². The Hall–Kier alpha value is -2.81. The molecule has 0 saturated carbocycles. The number of aryl methyl sites for hydroxylation is 2. The highest BCUT2D eigenvalue weighted by atomic mass is 32.2. The molecule has 0 aliphatic rings. The van der Waals surface area contributed by atoms with E-state index >= 15 is 0 Å². The SMILES string of the molecule is Cc1ccc(-c2c(NS(=O)(=O)c3ccccc3)n[nH]c2C(F)(F)F)c(C)c1. The van der Waals surface area contributed by atoms with Crippen molar-refractivity contribution >= 4 is 15.8 Å². The molecule has 3 rings (SSSR count). The molecule has 3 aromatic rings. The summed E-state index contributed by atoms with van der Waals surface area (Å²) in [5, 5.41) is 5.52. The fourth-order valence-corrected chi connectivity index (χ4v) is 3.80. The van der Waals surface area contributed by atoms with Gasteiger partial charge in [-0.15, -0.1) is 0 Å². The third kappa shape index (κ3) is 3.82. The van der Waals surface area contributed by atoms with Crippen molar-refractivity contribution in [3.63, 3.8) is 0 Å². The van der Waals surface area contributed by atoms with E-state index in [0.717, 1.165) is 5.56 Å². The first-order chi connectivity index (χ1) is 12.6. The summed E-state index contributed by atoms with van der Waals surface area (Å²) in [7, 11) is -4.10. The minimum atomic E-state index is -4.73. The van der Waals surface area contributed by atoms with Gasteiger partial charge in [-0.2, -0.15) is 18.3 Å². The number of anilines is 1. The van der Waals surface area contributed by atoms with Crippen molar-refractivity contribution in [1.82, 2.24) is 10.2 Å². The predicted octanol–water partition coefficient (Wildman–Crippen LogP) is 4.51. The first kappa shape index (κ1) is 19.0. The highest BCUT2D eigenvalue weighted by molar-refractivity contribution is 7.92. The van der Waals surface area contributed by atoms with E-state index in [9.17, 15) is 21.6 Å². The number of nitrogens with zero attached hydrogens (tertiary/aromatic N) is 1. The van der Waals surface area contributed by atoms with E-state index in [4.69, 9.17) is 0 Å². The maximum Gasteiger partial charge on any atom is 0.433 e. The third-order valence-electron chi connectivity index (χ3n) is 3.99. The van der Waals surface area contributed by atoms with E-state index in [2.05, 4.69) is 9.82 Å². The van der Waals surface area contributed by atoms with Crippen LogP contribution in [0.4, 0.5) is 19.0 Å². The number of hydrogen-bond acceptors (Lipinski definition) is 3. The van der Waals surface area contributed by atoms with Crippen molar-refractivity contribution in [2.75, 3.05) is 4.72 Å². The fourth-order valence-electron chi connectivity index (χ4n) is 2.76. The fraction of sp³-hybridized carbons (Fsp3) is 0.167. The maximum absolute atomic E-state index is 13.5. The number of nitrogens with one attached hydrogen (secondary N) is 2. The number of sulfonamides is 1. The molecule has 0 spiro atoms. The van der Waals surface area contributed by atoms with Crippen molar-refractivity contribution in [2.45, 2.75) is 24.9 Å². The van der Waals surface area contributed by atoms with Crippen LogP contribution in [0.15, 0.2) is 53.4 Å². The molecule has 0 saturated heterocycles. The van der Waals surface area contributed by atoms with Gasteiger partial charge < -0.3 is 0 Å². The smallest absolute Gasteiger partial charge is 0.271 e. The number of H-pyrrole nitrogens is 1. The highest BCUT2D eigenvalue weighted by Crippen LogP contribution is 2.41. The second kappa shape index (κ2) is 6.73. The van der Waals surface area contributed by atoms with Gasteiger partial charge in [-0.05, 0) is 37.1 Å². The first-order valence-electron chi connectivity index (χ1n) is 7.90. The lowest BCUT2D eigenvalue weighted by atomic mass is 9.98. The minimum absolute atomic E-state index is 0.0758. The molecule has 0 unspecified atom stereocenters. The van der Waals surface area contributed by atoms with Crippen LogP contribution in [-0.4, -0.2) is 18.6 Å². The molecule has 0 aliphatic heterocycles. The Bertz CT molecular complexity index is 1070. The van der Waals surface area contributed by atoms with Gasteiger partial charge in [-0.1, -0.05) is 42.0 Å². The zero-order valence-corrected chi connectivity index (χ0v) is 15.2. The van der Waals surface area contributed by atoms with Gasteiger partial charge >= 0.3 is 6.18 Å². The van der Waals surface area contributed by atoms with Gasteiger partial charge in [-0.25, -0.2) is 8.42 Å². The zero-order valence-electron chi connectivity index (χ0n) is 14.4. The molecule has 1 aromatic heterocycles. The molecule has 0 radical (unpaired) electrons. The van der Waals surface area contributed by atoms with Gasteiger partial charge in [-0.3, -0.25) is 9.82 Å². The Labute approximate surface area is 154 Å². The largest absolute Gasteiger partial charge is 0.433 e. The summed E-state index contributed by atoms with van der Waals surface area (Å²) in [5.41, 5.74) is 0.244. The summed E-state index contributed by atoms with van der Waals surface area (Å²) >= 11 is 0. The zero-order chi connectivity index (χ0) is 19.8. The van der Waals surface area contributed by atoms with Crippen LogP contribution in [0.25, 0.3) is 11.1 Å². The molecule has 0 aliphatic carbocycles. The Morgan fingerprint density at radius 3 is 2.30 bits per heavy atom. The van der Waals surface area contributed by atoms with Crippen LogP contribution in [-0.2, 0) is 16.2 Å². The van der Waals surface area contributed by atoms with Crippen LogP contribution in [0.1, 0.15) is 16.8 Å². The molecular weight excluding hydrogens is 379 g/mol. The first-order valence-corrected chi connectivity index (χ1v) is 9.39. The van der Waals surface area contributed by atoms with E-state index < -0.39 is 27.7 Å². The highest BCUT2D eigenvalue weighted by Gasteiger charge is 2.38. The average Bonchev–Trinajstić information content (AvgIpc) is 2.99. The number of aromatic amines is 1. The van der Waals surface area contributed by atoms with Crippen LogP contribution >= 0.6 is 0 Å². The van der Waals surface area contributed by atoms with Crippen LogP contribution < -0.4 is 4.72 Å². The monoisotopic (exact) mass is 395 g/mol. The van der Waals surface area contributed by atoms with Gasteiger partial charge in [0.05, 0.1) is 10.5 Å². The van der Waals surface area contributed by atoms with Crippen LogP contribution in [0.5, 0.6) is 0 Å². The molecule has 0 amide bonds. The molecule has 0 atom stereocenters. The van der Waals surface area contributed by atoms with Crippen LogP contribution in [0.3, 0.4) is 0 Å². The van der Waals surface area contributed by atoms with Crippen molar-refractivity contribution in [3.05, 3.63) is 65.4 Å². The second-order valence-corrected chi connectivity index (χ2v) is 7.74. The van der Waals surface area contributed by atoms with Crippen molar-refractivity contribution in [2.24, 2.45) is 0 Å². The van der Waals surface area contributed by atoms with Crippen LogP contribution in [0, 0.1) is 13.8 Å². The van der Waals surface area contributed by atoms with Crippen molar-refractivity contribution < 1.29 is 21.6 Å². The normalized spacial score (nSPS) is 12.2. The van der Waals surface area contributed by atoms with E-state index in [1.54, 1.807) is 25.1 Å². The molecule has 0 fully saturated rings. The molecule has 27 heavy (non-hydrogen) atoms. The lowest BCUT2D eigenvalue weighted by Crippen LogP contribution is -2.14. The second-order valence-electron chi connectivity index (χ2n) is 6.06. The predicted molar refractivity (Wildman–Crippen MR) is 95.8 cm³/mol. The van der Waals surface area contributed by atoms with Crippen LogP contribution in [0.2, 0.25) is 0 Å².